The predicted molar refractivity (Wildman–Crippen MR) is 103 cm³/mol. The number of amides is 2. The standard InChI is InChI=1S/C19H21N3O4S/c1-4-17(23)21-10-14(11-21)18(24)22(19-20-7-8-27-19)12-13-5-6-15(25-2)9-16(13)26-3/h4-9,14H,1,10-12H2,2-3H3. The van der Waals surface area contributed by atoms with Gasteiger partial charge in [0.15, 0.2) is 5.13 Å². The zero-order chi connectivity index (χ0) is 19.4. The maximum Gasteiger partial charge on any atom is 0.246 e. The molecule has 8 heteroatoms. The average Bonchev–Trinajstić information content (AvgIpc) is 3.18. The third-order valence-corrected chi connectivity index (χ3v) is 5.25. The Kier molecular flexibility index (Phi) is 5.75. The second-order valence-electron chi connectivity index (χ2n) is 6.06. The van der Waals surface area contributed by atoms with Crippen molar-refractivity contribution in [1.82, 2.24) is 9.88 Å². The van der Waals surface area contributed by atoms with Crippen molar-refractivity contribution in [2.24, 2.45) is 5.92 Å². The summed E-state index contributed by atoms with van der Waals surface area (Å²) in [7, 11) is 3.17. The van der Waals surface area contributed by atoms with E-state index in [1.165, 1.54) is 17.4 Å². The normalized spacial score (nSPS) is 13.6. The molecule has 3 rings (SSSR count). The SMILES string of the molecule is C=CC(=O)N1CC(C(=O)N(Cc2ccc(OC)cc2OC)c2nccs2)C1. The number of aromatic nitrogens is 1. The summed E-state index contributed by atoms with van der Waals surface area (Å²) < 4.78 is 10.7. The van der Waals surface area contributed by atoms with Crippen molar-refractivity contribution in [2.45, 2.75) is 6.54 Å². The summed E-state index contributed by atoms with van der Waals surface area (Å²) in [5, 5.41) is 2.45. The first-order chi connectivity index (χ1) is 13.1. The first-order valence-electron chi connectivity index (χ1n) is 8.40. The lowest BCUT2D eigenvalue weighted by molar-refractivity contribution is -0.138. The van der Waals surface area contributed by atoms with Gasteiger partial charge in [-0.15, -0.1) is 11.3 Å². The molecule has 2 aromatic rings. The van der Waals surface area contributed by atoms with E-state index in [2.05, 4.69) is 11.6 Å². The Morgan fingerprint density at radius 1 is 1.37 bits per heavy atom. The van der Waals surface area contributed by atoms with Crippen LogP contribution in [0.25, 0.3) is 0 Å². The van der Waals surface area contributed by atoms with E-state index < -0.39 is 0 Å². The van der Waals surface area contributed by atoms with E-state index in [0.29, 0.717) is 36.3 Å². The molecule has 1 aliphatic rings. The highest BCUT2D eigenvalue weighted by Gasteiger charge is 2.38. The van der Waals surface area contributed by atoms with Crippen molar-refractivity contribution in [3.8, 4) is 11.5 Å². The number of hydrogen-bond donors (Lipinski definition) is 0. The van der Waals surface area contributed by atoms with Gasteiger partial charge in [0, 0.05) is 36.3 Å². The number of likely N-dealkylation sites (tertiary alicyclic amines) is 1. The number of nitrogens with zero attached hydrogens (tertiary/aromatic N) is 3. The summed E-state index contributed by atoms with van der Waals surface area (Å²) in [6.45, 7) is 4.59. The minimum Gasteiger partial charge on any atom is -0.497 e. The molecular formula is C19H21N3O4S. The molecule has 7 nitrogen and oxygen atoms in total. The van der Waals surface area contributed by atoms with Gasteiger partial charge in [-0.25, -0.2) is 4.98 Å². The molecule has 0 saturated carbocycles. The lowest BCUT2D eigenvalue weighted by atomic mass is 9.98. The maximum absolute atomic E-state index is 13.1. The molecule has 0 atom stereocenters. The highest BCUT2D eigenvalue weighted by Crippen LogP contribution is 2.30. The largest absolute Gasteiger partial charge is 0.497 e. The molecule has 1 aliphatic heterocycles. The Balaban J connectivity index is 1.80. The summed E-state index contributed by atoms with van der Waals surface area (Å²) in [6.07, 6.45) is 2.93. The van der Waals surface area contributed by atoms with Crippen LogP contribution < -0.4 is 14.4 Å². The first-order valence-corrected chi connectivity index (χ1v) is 9.28. The number of thiazole rings is 1. The smallest absolute Gasteiger partial charge is 0.246 e. The van der Waals surface area contributed by atoms with E-state index in [0.717, 1.165) is 5.56 Å². The third kappa shape index (κ3) is 3.95. The minimum absolute atomic E-state index is 0.0593. The molecule has 0 radical (unpaired) electrons. The van der Waals surface area contributed by atoms with E-state index in [9.17, 15) is 9.59 Å². The molecule has 0 unspecified atom stereocenters. The molecule has 1 saturated heterocycles. The number of hydrogen-bond acceptors (Lipinski definition) is 6. The lowest BCUT2D eigenvalue weighted by Gasteiger charge is -2.39. The van der Waals surface area contributed by atoms with Crippen molar-refractivity contribution in [1.29, 1.82) is 0 Å². The van der Waals surface area contributed by atoms with Gasteiger partial charge in [-0.1, -0.05) is 6.58 Å². The van der Waals surface area contributed by atoms with Crippen LogP contribution in [0.3, 0.4) is 0 Å². The number of ether oxygens (including phenoxy) is 2. The van der Waals surface area contributed by atoms with Crippen LogP contribution in [0, 0.1) is 5.92 Å². The van der Waals surface area contributed by atoms with Gasteiger partial charge in [0.25, 0.3) is 0 Å². The van der Waals surface area contributed by atoms with E-state index >= 15 is 0 Å². The number of anilines is 1. The first kappa shape index (κ1) is 18.9. The molecule has 0 N–H and O–H groups in total. The monoisotopic (exact) mass is 387 g/mol. The number of carbonyl (C=O) groups excluding carboxylic acids is 2. The molecule has 1 fully saturated rings. The molecular weight excluding hydrogens is 366 g/mol. The highest BCUT2D eigenvalue weighted by molar-refractivity contribution is 7.13. The molecule has 2 amide bonds. The summed E-state index contributed by atoms with van der Waals surface area (Å²) in [5.41, 5.74) is 0.847. The quantitative estimate of drug-likeness (QED) is 0.682. The fraction of sp³-hybridized carbons (Fsp3) is 0.316. The van der Waals surface area contributed by atoms with Crippen molar-refractivity contribution in [3.63, 3.8) is 0 Å². The molecule has 142 valence electrons. The molecule has 0 spiro atoms. The van der Waals surface area contributed by atoms with Gasteiger partial charge in [0.1, 0.15) is 11.5 Å². The zero-order valence-electron chi connectivity index (χ0n) is 15.3. The van der Waals surface area contributed by atoms with Gasteiger partial charge in [-0.3, -0.25) is 14.5 Å². The Morgan fingerprint density at radius 3 is 2.74 bits per heavy atom. The van der Waals surface area contributed by atoms with Crippen LogP contribution in [0.5, 0.6) is 11.5 Å². The molecule has 1 aromatic heterocycles. The van der Waals surface area contributed by atoms with Gasteiger partial charge in [0.2, 0.25) is 11.8 Å². The van der Waals surface area contributed by atoms with Crippen LogP contribution in [0.15, 0.2) is 42.4 Å². The molecule has 0 aliphatic carbocycles. The van der Waals surface area contributed by atoms with Crippen molar-refractivity contribution < 1.29 is 19.1 Å². The topological polar surface area (TPSA) is 72.0 Å². The number of rotatable bonds is 7. The van der Waals surface area contributed by atoms with Gasteiger partial charge in [0.05, 0.1) is 26.7 Å². The fourth-order valence-electron chi connectivity index (χ4n) is 2.91. The second kappa shape index (κ2) is 8.22. The fourth-order valence-corrected chi connectivity index (χ4v) is 3.55. The third-order valence-electron chi connectivity index (χ3n) is 4.46. The second-order valence-corrected chi connectivity index (χ2v) is 6.93. The minimum atomic E-state index is -0.248. The number of carbonyl (C=O) groups is 2. The van der Waals surface area contributed by atoms with Gasteiger partial charge < -0.3 is 14.4 Å². The van der Waals surface area contributed by atoms with Crippen molar-refractivity contribution >= 4 is 28.3 Å². The van der Waals surface area contributed by atoms with Crippen molar-refractivity contribution in [3.05, 3.63) is 48.0 Å². The van der Waals surface area contributed by atoms with Gasteiger partial charge in [-0.2, -0.15) is 0 Å². The lowest BCUT2D eigenvalue weighted by Crippen LogP contribution is -2.56. The molecule has 0 bridgehead atoms. The van der Waals surface area contributed by atoms with Gasteiger partial charge >= 0.3 is 0 Å². The molecule has 1 aromatic carbocycles. The average molecular weight is 387 g/mol. The van der Waals surface area contributed by atoms with Crippen LogP contribution in [0.4, 0.5) is 5.13 Å². The van der Waals surface area contributed by atoms with Crippen LogP contribution in [0.1, 0.15) is 5.56 Å². The summed E-state index contributed by atoms with van der Waals surface area (Å²) >= 11 is 1.40. The Morgan fingerprint density at radius 2 is 2.15 bits per heavy atom. The number of methoxy groups -OCH3 is 2. The van der Waals surface area contributed by atoms with Crippen molar-refractivity contribution in [2.75, 3.05) is 32.2 Å². The van der Waals surface area contributed by atoms with Crippen LogP contribution in [0.2, 0.25) is 0 Å². The summed E-state index contributed by atoms with van der Waals surface area (Å²) in [5.74, 6) is 0.857. The van der Waals surface area contributed by atoms with E-state index in [4.69, 9.17) is 9.47 Å². The predicted octanol–water partition coefficient (Wildman–Crippen LogP) is 2.34. The van der Waals surface area contributed by atoms with E-state index in [-0.39, 0.29) is 17.7 Å². The Hall–Kier alpha value is -2.87. The highest BCUT2D eigenvalue weighted by atomic mass is 32.1. The van der Waals surface area contributed by atoms with E-state index in [1.54, 1.807) is 36.3 Å². The van der Waals surface area contributed by atoms with Crippen LogP contribution >= 0.6 is 11.3 Å². The van der Waals surface area contributed by atoms with Gasteiger partial charge in [-0.05, 0) is 18.2 Å². The van der Waals surface area contributed by atoms with Crippen LogP contribution in [-0.4, -0.2) is 49.0 Å². The van der Waals surface area contributed by atoms with E-state index in [1.807, 2.05) is 17.5 Å². The molecule has 27 heavy (non-hydrogen) atoms. The van der Waals surface area contributed by atoms with Crippen LogP contribution in [-0.2, 0) is 16.1 Å². The summed E-state index contributed by atoms with van der Waals surface area (Å²) in [6, 6.07) is 5.49. The molecule has 2 heterocycles. The zero-order valence-corrected chi connectivity index (χ0v) is 16.1. The Labute approximate surface area is 161 Å². The Bertz CT molecular complexity index is 831. The number of benzene rings is 1. The maximum atomic E-state index is 13.1. The summed E-state index contributed by atoms with van der Waals surface area (Å²) in [4.78, 5) is 32.3.